The van der Waals surface area contributed by atoms with E-state index in [1.54, 1.807) is 0 Å². The lowest BCUT2D eigenvalue weighted by Crippen LogP contribution is -2.45. The van der Waals surface area contributed by atoms with E-state index in [9.17, 15) is 9.59 Å². The number of ketones is 1. The van der Waals surface area contributed by atoms with Gasteiger partial charge in [0.25, 0.3) is 0 Å². The highest BCUT2D eigenvalue weighted by atomic mass is 16.4. The number of hydrogen-bond acceptors (Lipinski definition) is 2. The zero-order valence-corrected chi connectivity index (χ0v) is 10.9. The van der Waals surface area contributed by atoms with Crippen LogP contribution in [-0.4, -0.2) is 16.9 Å². The van der Waals surface area contributed by atoms with E-state index < -0.39 is 5.97 Å². The molecule has 2 saturated carbocycles. The highest BCUT2D eigenvalue weighted by Gasteiger charge is 2.49. The molecule has 3 heteroatoms. The van der Waals surface area contributed by atoms with Crippen LogP contribution in [0.1, 0.15) is 39.0 Å². The Kier molecular flexibility index (Phi) is 3.18. The molecule has 2 fully saturated rings. The standard InChI is InChI=1S/C15H20O3/c1-9-5-4-6-15(3)12(9)7-11(8-13(15)16)10(2)14(17)18/h11-12H,1-2,4-8H2,3H3,(H,17,18). The number of carbonyl (C=O) groups excluding carboxylic acids is 1. The molecule has 1 N–H and O–H groups in total. The third-order valence-electron chi connectivity index (χ3n) is 4.81. The monoisotopic (exact) mass is 248 g/mol. The molecule has 0 saturated heterocycles. The van der Waals surface area contributed by atoms with Gasteiger partial charge in [0.2, 0.25) is 0 Å². The summed E-state index contributed by atoms with van der Waals surface area (Å²) in [5.41, 5.74) is 0.966. The highest BCUT2D eigenvalue weighted by molar-refractivity contribution is 5.91. The van der Waals surface area contributed by atoms with Gasteiger partial charge in [0, 0.05) is 17.4 Å². The first-order valence-electron chi connectivity index (χ1n) is 6.49. The minimum atomic E-state index is -0.988. The fourth-order valence-electron chi connectivity index (χ4n) is 3.51. The van der Waals surface area contributed by atoms with Gasteiger partial charge in [0.05, 0.1) is 0 Å². The molecule has 2 rings (SSSR count). The lowest BCUT2D eigenvalue weighted by molar-refractivity contribution is -0.137. The molecule has 0 spiro atoms. The zero-order chi connectivity index (χ0) is 13.5. The van der Waals surface area contributed by atoms with E-state index >= 15 is 0 Å². The van der Waals surface area contributed by atoms with Crippen LogP contribution < -0.4 is 0 Å². The van der Waals surface area contributed by atoms with Crippen molar-refractivity contribution in [1.29, 1.82) is 0 Å². The summed E-state index contributed by atoms with van der Waals surface area (Å²) in [4.78, 5) is 23.4. The molecule has 3 nitrogen and oxygen atoms in total. The van der Waals surface area contributed by atoms with Crippen molar-refractivity contribution in [3.8, 4) is 0 Å². The first-order valence-corrected chi connectivity index (χ1v) is 6.49. The average molecular weight is 248 g/mol. The number of Topliss-reactive ketones (excluding diaryl/α,β-unsaturated/α-hetero) is 1. The van der Waals surface area contributed by atoms with Gasteiger partial charge < -0.3 is 5.11 Å². The summed E-state index contributed by atoms with van der Waals surface area (Å²) in [5.74, 6) is -0.888. The van der Waals surface area contributed by atoms with Crippen molar-refractivity contribution in [2.24, 2.45) is 17.3 Å². The maximum atomic E-state index is 12.4. The van der Waals surface area contributed by atoms with E-state index in [0.717, 1.165) is 24.8 Å². The van der Waals surface area contributed by atoms with E-state index in [4.69, 9.17) is 5.11 Å². The van der Waals surface area contributed by atoms with Crippen molar-refractivity contribution in [2.75, 3.05) is 0 Å². The number of carboxylic acids is 1. The average Bonchev–Trinajstić information content (AvgIpc) is 2.30. The Labute approximate surface area is 108 Å². The van der Waals surface area contributed by atoms with Crippen LogP contribution in [0.5, 0.6) is 0 Å². The van der Waals surface area contributed by atoms with Crippen molar-refractivity contribution in [1.82, 2.24) is 0 Å². The van der Waals surface area contributed by atoms with Crippen molar-refractivity contribution >= 4 is 11.8 Å². The Morgan fingerprint density at radius 1 is 1.50 bits per heavy atom. The van der Waals surface area contributed by atoms with Crippen molar-refractivity contribution < 1.29 is 14.7 Å². The molecule has 0 aromatic heterocycles. The van der Waals surface area contributed by atoms with Gasteiger partial charge in [0.15, 0.2) is 0 Å². The predicted molar refractivity (Wildman–Crippen MR) is 69.1 cm³/mol. The Morgan fingerprint density at radius 3 is 2.78 bits per heavy atom. The number of rotatable bonds is 2. The first kappa shape index (κ1) is 13.1. The summed E-state index contributed by atoms with van der Waals surface area (Å²) in [6.07, 6.45) is 3.92. The number of allylic oxidation sites excluding steroid dienone is 1. The van der Waals surface area contributed by atoms with Crippen LogP contribution in [0, 0.1) is 17.3 Å². The molecular weight excluding hydrogens is 228 g/mol. The SMILES string of the molecule is C=C(C(=O)O)C1CC(=O)C2(C)CCCC(=C)C2C1. The molecule has 0 amide bonds. The predicted octanol–water partition coefficient (Wildman–Crippen LogP) is 2.97. The summed E-state index contributed by atoms with van der Waals surface area (Å²) in [6.45, 7) is 9.72. The molecule has 0 heterocycles. The summed E-state index contributed by atoms with van der Waals surface area (Å²) < 4.78 is 0. The molecule has 98 valence electrons. The van der Waals surface area contributed by atoms with Gasteiger partial charge in [-0.05, 0) is 37.5 Å². The topological polar surface area (TPSA) is 54.4 Å². The van der Waals surface area contributed by atoms with Crippen LogP contribution in [0.4, 0.5) is 0 Å². The number of carboxylic acid groups (broad SMARTS) is 1. The van der Waals surface area contributed by atoms with Gasteiger partial charge in [-0.2, -0.15) is 0 Å². The molecule has 2 aliphatic rings. The lowest BCUT2D eigenvalue weighted by Gasteiger charge is -2.47. The molecule has 0 radical (unpaired) electrons. The minimum Gasteiger partial charge on any atom is -0.478 e. The maximum absolute atomic E-state index is 12.4. The number of hydrogen-bond donors (Lipinski definition) is 1. The Balaban J connectivity index is 2.26. The molecular formula is C15H20O3. The molecule has 0 aromatic carbocycles. The third-order valence-corrected chi connectivity index (χ3v) is 4.81. The quantitative estimate of drug-likeness (QED) is 0.603. The summed E-state index contributed by atoms with van der Waals surface area (Å²) >= 11 is 0. The van der Waals surface area contributed by atoms with Gasteiger partial charge >= 0.3 is 5.97 Å². The van der Waals surface area contributed by atoms with Crippen LogP contribution in [0.3, 0.4) is 0 Å². The van der Waals surface area contributed by atoms with Gasteiger partial charge in [-0.1, -0.05) is 25.7 Å². The second kappa shape index (κ2) is 4.38. The normalized spacial score (nSPS) is 36.1. The maximum Gasteiger partial charge on any atom is 0.331 e. The summed E-state index contributed by atoms with van der Waals surface area (Å²) in [5, 5.41) is 9.01. The zero-order valence-electron chi connectivity index (χ0n) is 10.9. The number of carbonyl (C=O) groups is 2. The van der Waals surface area contributed by atoms with Crippen molar-refractivity contribution in [2.45, 2.75) is 39.0 Å². The molecule has 0 aliphatic heterocycles. The largest absolute Gasteiger partial charge is 0.478 e. The van der Waals surface area contributed by atoms with Gasteiger partial charge in [0.1, 0.15) is 5.78 Å². The smallest absolute Gasteiger partial charge is 0.331 e. The van der Waals surface area contributed by atoms with Crippen LogP contribution in [0.15, 0.2) is 24.3 Å². The fourth-order valence-corrected chi connectivity index (χ4v) is 3.51. The van der Waals surface area contributed by atoms with Crippen LogP contribution >= 0.6 is 0 Å². The third kappa shape index (κ3) is 1.92. The van der Waals surface area contributed by atoms with E-state index in [2.05, 4.69) is 13.2 Å². The number of aliphatic carboxylic acids is 1. The molecule has 2 aliphatic carbocycles. The highest BCUT2D eigenvalue weighted by Crippen LogP contribution is 2.52. The Bertz CT molecular complexity index is 435. The van der Waals surface area contributed by atoms with Gasteiger partial charge in [-0.25, -0.2) is 4.79 Å². The second-order valence-corrected chi connectivity index (χ2v) is 5.87. The summed E-state index contributed by atoms with van der Waals surface area (Å²) in [6, 6.07) is 0. The Morgan fingerprint density at radius 2 is 2.17 bits per heavy atom. The Hall–Kier alpha value is -1.38. The minimum absolute atomic E-state index is 0.133. The molecule has 18 heavy (non-hydrogen) atoms. The van der Waals surface area contributed by atoms with Crippen LogP contribution in [-0.2, 0) is 9.59 Å². The van der Waals surface area contributed by atoms with Crippen molar-refractivity contribution in [3.05, 3.63) is 24.3 Å². The second-order valence-electron chi connectivity index (χ2n) is 5.87. The lowest BCUT2D eigenvalue weighted by atomic mass is 9.55. The van der Waals surface area contributed by atoms with Gasteiger partial charge in [-0.3, -0.25) is 4.79 Å². The van der Waals surface area contributed by atoms with Crippen LogP contribution in [0.2, 0.25) is 0 Å². The van der Waals surface area contributed by atoms with E-state index in [0.29, 0.717) is 12.8 Å². The van der Waals surface area contributed by atoms with E-state index in [-0.39, 0.29) is 28.6 Å². The van der Waals surface area contributed by atoms with Crippen LogP contribution in [0.25, 0.3) is 0 Å². The van der Waals surface area contributed by atoms with E-state index in [1.165, 1.54) is 0 Å². The molecule has 3 atom stereocenters. The van der Waals surface area contributed by atoms with E-state index in [1.807, 2.05) is 6.92 Å². The molecule has 0 bridgehead atoms. The summed E-state index contributed by atoms with van der Waals surface area (Å²) in [7, 11) is 0. The molecule has 0 aromatic rings. The van der Waals surface area contributed by atoms with Crippen molar-refractivity contribution in [3.63, 3.8) is 0 Å². The molecule has 3 unspecified atom stereocenters. The number of fused-ring (bicyclic) bond motifs is 1. The first-order chi connectivity index (χ1) is 8.36. The van der Waals surface area contributed by atoms with Gasteiger partial charge in [-0.15, -0.1) is 0 Å². The fraction of sp³-hybridized carbons (Fsp3) is 0.600.